The molecule has 2 N–H and O–H groups in total. The number of H-pyrrole nitrogens is 1. The number of hydrogen-bond donors (Lipinski definition) is 2. The van der Waals surface area contributed by atoms with Crippen molar-refractivity contribution < 1.29 is 19.4 Å². The molecule has 1 aliphatic rings. The maximum Gasteiger partial charge on any atom is 0.325 e. The van der Waals surface area contributed by atoms with Crippen molar-refractivity contribution in [3.8, 4) is 5.88 Å². The Hall–Kier alpha value is -2.31. The van der Waals surface area contributed by atoms with Gasteiger partial charge in [0.15, 0.2) is 5.88 Å². The Balaban J connectivity index is 2.18. The van der Waals surface area contributed by atoms with Crippen LogP contribution < -0.4 is 5.56 Å². The molecule has 0 unspecified atom stereocenters. The third-order valence-corrected chi connectivity index (χ3v) is 2.93. The van der Waals surface area contributed by atoms with Crippen LogP contribution in [-0.4, -0.2) is 46.1 Å². The van der Waals surface area contributed by atoms with Crippen molar-refractivity contribution in [2.75, 3.05) is 13.2 Å². The van der Waals surface area contributed by atoms with Crippen LogP contribution in [0.4, 0.5) is 0 Å². The number of nitrogens with one attached hydrogen (secondary N) is 1. The molecule has 1 amide bonds. The molecular formula is C13H16N2O5. The maximum atomic E-state index is 12.3. The zero-order valence-corrected chi connectivity index (χ0v) is 11.1. The highest BCUT2D eigenvalue weighted by atomic mass is 16.5. The quantitative estimate of drug-likeness (QED) is 0.753. The molecule has 7 nitrogen and oxygen atoms in total. The van der Waals surface area contributed by atoms with Crippen LogP contribution in [0.15, 0.2) is 16.9 Å². The monoisotopic (exact) mass is 280 g/mol. The number of rotatable bonds is 5. The van der Waals surface area contributed by atoms with E-state index < -0.39 is 17.4 Å². The Bertz CT molecular complexity index is 576. The van der Waals surface area contributed by atoms with Crippen LogP contribution in [-0.2, 0) is 9.53 Å². The number of carbonyl (C=O) groups excluding carboxylic acids is 2. The Morgan fingerprint density at radius 2 is 2.15 bits per heavy atom. The number of aromatic amines is 1. The van der Waals surface area contributed by atoms with Crippen LogP contribution in [0.25, 0.3) is 0 Å². The van der Waals surface area contributed by atoms with Gasteiger partial charge in [0.25, 0.3) is 11.5 Å². The fourth-order valence-corrected chi connectivity index (χ4v) is 1.92. The highest BCUT2D eigenvalue weighted by Gasteiger charge is 2.34. The summed E-state index contributed by atoms with van der Waals surface area (Å²) in [5.41, 5.74) is -0.511. The zero-order valence-electron chi connectivity index (χ0n) is 11.1. The third-order valence-electron chi connectivity index (χ3n) is 2.93. The van der Waals surface area contributed by atoms with Crippen molar-refractivity contribution in [1.82, 2.24) is 9.88 Å². The van der Waals surface area contributed by atoms with Gasteiger partial charge in [0.1, 0.15) is 6.54 Å². The van der Waals surface area contributed by atoms with Crippen LogP contribution >= 0.6 is 0 Å². The van der Waals surface area contributed by atoms with Crippen molar-refractivity contribution in [2.45, 2.75) is 25.8 Å². The first-order valence-corrected chi connectivity index (χ1v) is 6.41. The van der Waals surface area contributed by atoms with Gasteiger partial charge in [-0.3, -0.25) is 19.4 Å². The number of pyridine rings is 1. The van der Waals surface area contributed by atoms with E-state index in [2.05, 4.69) is 4.98 Å². The van der Waals surface area contributed by atoms with Crippen LogP contribution in [0, 0.1) is 0 Å². The van der Waals surface area contributed by atoms with E-state index in [0.717, 1.165) is 18.9 Å². The fourth-order valence-electron chi connectivity index (χ4n) is 1.92. The number of aromatic nitrogens is 1. The molecule has 0 radical (unpaired) electrons. The number of carbonyl (C=O) groups is 2. The van der Waals surface area contributed by atoms with E-state index >= 15 is 0 Å². The predicted octanol–water partition coefficient (Wildman–Crippen LogP) is 0.248. The van der Waals surface area contributed by atoms with Gasteiger partial charge in [0.05, 0.1) is 12.2 Å². The minimum atomic E-state index is -0.569. The first-order valence-electron chi connectivity index (χ1n) is 6.41. The van der Waals surface area contributed by atoms with Crippen molar-refractivity contribution in [1.29, 1.82) is 0 Å². The Labute approximate surface area is 115 Å². The molecule has 7 heteroatoms. The Morgan fingerprint density at radius 1 is 1.45 bits per heavy atom. The summed E-state index contributed by atoms with van der Waals surface area (Å²) in [6.45, 7) is 1.79. The standard InChI is InChI=1S/C13H16N2O5/c1-2-20-12(18)7-15(9-3-4-9)13(19)8-5-10(16)14-11(17)6-8/h5-6,9H,2-4,7H2,1H3,(H2,14,16,17). The van der Waals surface area contributed by atoms with Gasteiger partial charge in [-0.05, 0) is 19.8 Å². The molecule has 108 valence electrons. The minimum absolute atomic E-state index is 0.00617. The van der Waals surface area contributed by atoms with E-state index in [4.69, 9.17) is 4.74 Å². The van der Waals surface area contributed by atoms with E-state index in [-0.39, 0.29) is 30.6 Å². The molecule has 2 rings (SSSR count). The first kappa shape index (κ1) is 14.1. The number of nitrogens with zero attached hydrogens (tertiary/aromatic N) is 1. The number of hydrogen-bond acceptors (Lipinski definition) is 5. The van der Waals surface area contributed by atoms with E-state index in [0.29, 0.717) is 0 Å². The lowest BCUT2D eigenvalue weighted by Crippen LogP contribution is -2.38. The van der Waals surface area contributed by atoms with E-state index in [1.807, 2.05) is 0 Å². The van der Waals surface area contributed by atoms with Crippen LogP contribution in [0.2, 0.25) is 0 Å². The van der Waals surface area contributed by atoms with Crippen molar-refractivity contribution >= 4 is 11.9 Å². The third kappa shape index (κ3) is 3.37. The summed E-state index contributed by atoms with van der Waals surface area (Å²) in [6.07, 6.45) is 1.64. The van der Waals surface area contributed by atoms with Gasteiger partial charge in [-0.2, -0.15) is 0 Å². The second kappa shape index (κ2) is 5.77. The molecule has 0 aromatic carbocycles. The molecule has 1 heterocycles. The second-order valence-electron chi connectivity index (χ2n) is 4.59. The number of aromatic hydroxyl groups is 1. The molecule has 1 aromatic heterocycles. The summed E-state index contributed by atoms with van der Waals surface area (Å²) >= 11 is 0. The van der Waals surface area contributed by atoms with Crippen molar-refractivity contribution in [2.24, 2.45) is 0 Å². The van der Waals surface area contributed by atoms with Gasteiger partial charge in [-0.1, -0.05) is 0 Å². The predicted molar refractivity (Wildman–Crippen MR) is 69.4 cm³/mol. The Kier molecular flexibility index (Phi) is 4.07. The summed E-state index contributed by atoms with van der Waals surface area (Å²) in [6, 6.07) is 2.26. The maximum absolute atomic E-state index is 12.3. The summed E-state index contributed by atoms with van der Waals surface area (Å²) in [4.78, 5) is 38.6. The lowest BCUT2D eigenvalue weighted by atomic mass is 10.2. The summed E-state index contributed by atoms with van der Waals surface area (Å²) < 4.78 is 4.83. The molecule has 1 fully saturated rings. The van der Waals surface area contributed by atoms with Crippen molar-refractivity contribution in [3.63, 3.8) is 0 Å². The summed E-state index contributed by atoms with van der Waals surface area (Å²) in [5, 5.41) is 9.33. The van der Waals surface area contributed by atoms with Gasteiger partial charge < -0.3 is 14.7 Å². The van der Waals surface area contributed by atoms with Gasteiger partial charge in [0.2, 0.25) is 0 Å². The summed E-state index contributed by atoms with van der Waals surface area (Å²) in [7, 11) is 0. The lowest BCUT2D eigenvalue weighted by molar-refractivity contribution is -0.144. The highest BCUT2D eigenvalue weighted by Crippen LogP contribution is 2.28. The molecule has 1 saturated carbocycles. The van der Waals surface area contributed by atoms with Crippen LogP contribution in [0.1, 0.15) is 30.1 Å². The average Bonchev–Trinajstić information content (AvgIpc) is 3.18. The SMILES string of the molecule is CCOC(=O)CN(C(=O)c1cc(O)[nH]c(=O)c1)C1CC1. The molecule has 1 aliphatic carbocycles. The second-order valence-corrected chi connectivity index (χ2v) is 4.59. The number of ether oxygens (including phenoxy) is 1. The van der Waals surface area contributed by atoms with Gasteiger partial charge >= 0.3 is 5.97 Å². The number of esters is 1. The summed E-state index contributed by atoms with van der Waals surface area (Å²) in [5.74, 6) is -1.32. The van der Waals surface area contributed by atoms with Gasteiger partial charge in [0, 0.05) is 18.2 Å². The average molecular weight is 280 g/mol. The van der Waals surface area contributed by atoms with Crippen molar-refractivity contribution in [3.05, 3.63) is 28.0 Å². The molecule has 0 aliphatic heterocycles. The fraction of sp³-hybridized carbons (Fsp3) is 0.462. The van der Waals surface area contributed by atoms with E-state index in [1.165, 1.54) is 11.0 Å². The molecular weight excluding hydrogens is 264 g/mol. The molecule has 0 spiro atoms. The van der Waals surface area contributed by atoms with E-state index in [9.17, 15) is 19.5 Å². The molecule has 0 saturated heterocycles. The largest absolute Gasteiger partial charge is 0.494 e. The molecule has 20 heavy (non-hydrogen) atoms. The van der Waals surface area contributed by atoms with Gasteiger partial charge in [-0.15, -0.1) is 0 Å². The minimum Gasteiger partial charge on any atom is -0.494 e. The molecule has 1 aromatic rings. The smallest absolute Gasteiger partial charge is 0.325 e. The van der Waals surface area contributed by atoms with Gasteiger partial charge in [-0.25, -0.2) is 0 Å². The highest BCUT2D eigenvalue weighted by molar-refractivity contribution is 5.96. The topological polar surface area (TPSA) is 99.7 Å². The molecule has 0 bridgehead atoms. The zero-order chi connectivity index (χ0) is 14.7. The first-order chi connectivity index (χ1) is 9.51. The number of amides is 1. The van der Waals surface area contributed by atoms with Crippen LogP contribution in [0.3, 0.4) is 0 Å². The Morgan fingerprint density at radius 3 is 2.70 bits per heavy atom. The normalized spacial score (nSPS) is 13.8. The molecule has 0 atom stereocenters. The van der Waals surface area contributed by atoms with E-state index in [1.54, 1.807) is 6.92 Å². The van der Waals surface area contributed by atoms with Crippen LogP contribution in [0.5, 0.6) is 5.88 Å². The lowest BCUT2D eigenvalue weighted by Gasteiger charge is -2.21.